The second-order valence-corrected chi connectivity index (χ2v) is 2.84. The molecule has 10 heavy (non-hydrogen) atoms. The minimum absolute atomic E-state index is 0.653. The second kappa shape index (κ2) is 2.01. The van der Waals surface area contributed by atoms with Crippen molar-refractivity contribution in [2.75, 3.05) is 0 Å². The smallest absolute Gasteiger partial charge is 0.0542 e. The number of hydrogen-bond donors (Lipinski definition) is 0. The van der Waals surface area contributed by atoms with Crippen molar-refractivity contribution in [1.29, 1.82) is 0 Å². The molecule has 0 heterocycles. The van der Waals surface area contributed by atoms with Gasteiger partial charge < -0.3 is 5.73 Å². The molecule has 0 saturated carbocycles. The highest BCUT2D eigenvalue weighted by molar-refractivity contribution is 5.43. The number of fused-ring (bicyclic) bond motifs is 1. The maximum Gasteiger partial charge on any atom is 0.0542 e. The van der Waals surface area contributed by atoms with Crippen molar-refractivity contribution in [3.63, 3.8) is 0 Å². The van der Waals surface area contributed by atoms with Gasteiger partial charge in [-0.2, -0.15) is 0 Å². The van der Waals surface area contributed by atoms with Gasteiger partial charge in [0.05, 0.1) is 5.69 Å². The van der Waals surface area contributed by atoms with Crippen LogP contribution < -0.4 is 5.73 Å². The first-order valence-electron chi connectivity index (χ1n) is 3.70. The van der Waals surface area contributed by atoms with E-state index in [0.717, 1.165) is 0 Å². The molecule has 1 N–H and O–H groups in total. The summed E-state index contributed by atoms with van der Waals surface area (Å²) < 4.78 is 0. The van der Waals surface area contributed by atoms with Crippen LogP contribution >= 0.6 is 0 Å². The van der Waals surface area contributed by atoms with Gasteiger partial charge >= 0.3 is 0 Å². The van der Waals surface area contributed by atoms with Crippen LogP contribution in [-0.2, 0) is 12.8 Å². The average molecular weight is 132 g/mol. The number of aryl methyl sites for hydroxylation is 2. The Balaban J connectivity index is 2.52. The first-order chi connectivity index (χ1) is 4.86. The molecule has 1 radical (unpaired) electrons. The van der Waals surface area contributed by atoms with Gasteiger partial charge in [0.15, 0.2) is 0 Å². The van der Waals surface area contributed by atoms with Crippen LogP contribution in [0.25, 0.3) is 0 Å². The number of hydrogen-bond acceptors (Lipinski definition) is 0. The molecule has 0 atom stereocenters. The molecule has 0 bridgehead atoms. The quantitative estimate of drug-likeness (QED) is 0.516. The Morgan fingerprint density at radius 2 is 1.90 bits per heavy atom. The number of rotatable bonds is 0. The summed E-state index contributed by atoms with van der Waals surface area (Å²) in [6.07, 6.45) is 3.68. The Kier molecular flexibility index (Phi) is 1.16. The van der Waals surface area contributed by atoms with Crippen LogP contribution in [0.15, 0.2) is 18.2 Å². The average Bonchev–Trinajstić information content (AvgIpc) is 2.33. The largest absolute Gasteiger partial charge is 0.301 e. The van der Waals surface area contributed by atoms with Crippen LogP contribution in [-0.4, -0.2) is 0 Å². The molecule has 0 spiro atoms. The molecule has 0 aliphatic heterocycles. The van der Waals surface area contributed by atoms with Gasteiger partial charge in [0.25, 0.3) is 0 Å². The number of benzene rings is 1. The summed E-state index contributed by atoms with van der Waals surface area (Å²) in [5, 5.41) is 0. The van der Waals surface area contributed by atoms with E-state index in [-0.39, 0.29) is 0 Å². The lowest BCUT2D eigenvalue weighted by Crippen LogP contribution is -1.80. The highest BCUT2D eigenvalue weighted by Gasteiger charge is 2.09. The van der Waals surface area contributed by atoms with Gasteiger partial charge in [-0.3, -0.25) is 0 Å². The van der Waals surface area contributed by atoms with Crippen LogP contribution in [0.4, 0.5) is 5.69 Å². The van der Waals surface area contributed by atoms with E-state index in [2.05, 4.69) is 6.07 Å². The molecule has 1 aliphatic carbocycles. The van der Waals surface area contributed by atoms with E-state index in [1.54, 1.807) is 0 Å². The zero-order valence-electron chi connectivity index (χ0n) is 5.85. The van der Waals surface area contributed by atoms with E-state index in [9.17, 15) is 0 Å². The van der Waals surface area contributed by atoms with Gasteiger partial charge in [-0.25, -0.2) is 0 Å². The van der Waals surface area contributed by atoms with Gasteiger partial charge in [0.1, 0.15) is 0 Å². The second-order valence-electron chi connectivity index (χ2n) is 2.84. The first kappa shape index (κ1) is 5.78. The lowest BCUT2D eigenvalue weighted by atomic mass is 10.1. The molecule has 0 fully saturated rings. The van der Waals surface area contributed by atoms with Crippen LogP contribution in [0.1, 0.15) is 17.5 Å². The van der Waals surface area contributed by atoms with Crippen molar-refractivity contribution in [1.82, 2.24) is 5.73 Å². The van der Waals surface area contributed by atoms with E-state index >= 15 is 0 Å². The van der Waals surface area contributed by atoms with Crippen molar-refractivity contribution in [3.05, 3.63) is 29.3 Å². The SMILES string of the molecule is [NH]c1ccc2c(c1)CCC2. The third-order valence-corrected chi connectivity index (χ3v) is 2.10. The van der Waals surface area contributed by atoms with Gasteiger partial charge in [-0.05, 0) is 42.5 Å². The Bertz CT molecular complexity index is 253. The highest BCUT2D eigenvalue weighted by Crippen LogP contribution is 2.23. The van der Waals surface area contributed by atoms with Crippen molar-refractivity contribution < 1.29 is 0 Å². The lowest BCUT2D eigenvalue weighted by Gasteiger charge is -1.97. The van der Waals surface area contributed by atoms with E-state index in [0.29, 0.717) is 5.69 Å². The Labute approximate surface area is 60.9 Å². The molecule has 1 heteroatoms. The summed E-state index contributed by atoms with van der Waals surface area (Å²) >= 11 is 0. The van der Waals surface area contributed by atoms with Gasteiger partial charge in [0.2, 0.25) is 0 Å². The fraction of sp³-hybridized carbons (Fsp3) is 0.333. The lowest BCUT2D eigenvalue weighted by molar-refractivity contribution is 0.912. The molecular formula is C9H10N. The van der Waals surface area contributed by atoms with Crippen molar-refractivity contribution in [2.45, 2.75) is 19.3 Å². The topological polar surface area (TPSA) is 23.8 Å². The van der Waals surface area contributed by atoms with E-state index in [4.69, 9.17) is 5.73 Å². The molecule has 1 nitrogen and oxygen atoms in total. The summed E-state index contributed by atoms with van der Waals surface area (Å²) in [5.41, 5.74) is 10.9. The summed E-state index contributed by atoms with van der Waals surface area (Å²) in [5.74, 6) is 0. The molecule has 1 aromatic carbocycles. The predicted molar refractivity (Wildman–Crippen MR) is 41.2 cm³/mol. The third-order valence-electron chi connectivity index (χ3n) is 2.10. The van der Waals surface area contributed by atoms with Gasteiger partial charge in [-0.1, -0.05) is 6.07 Å². The minimum Gasteiger partial charge on any atom is -0.301 e. The number of nitrogens with one attached hydrogen (secondary N) is 1. The molecule has 2 rings (SSSR count). The molecular weight excluding hydrogens is 122 g/mol. The zero-order chi connectivity index (χ0) is 6.97. The molecule has 0 amide bonds. The maximum absolute atomic E-state index is 7.36. The van der Waals surface area contributed by atoms with Crippen LogP contribution in [0.2, 0.25) is 0 Å². The van der Waals surface area contributed by atoms with E-state index in [1.807, 2.05) is 12.1 Å². The normalized spacial score (nSPS) is 15.2. The molecule has 0 aromatic heterocycles. The third kappa shape index (κ3) is 0.783. The molecule has 51 valence electrons. The Hall–Kier alpha value is -0.980. The van der Waals surface area contributed by atoms with E-state index < -0.39 is 0 Å². The first-order valence-corrected chi connectivity index (χ1v) is 3.70. The van der Waals surface area contributed by atoms with Crippen molar-refractivity contribution >= 4 is 5.69 Å². The van der Waals surface area contributed by atoms with Crippen LogP contribution in [0, 0.1) is 0 Å². The fourth-order valence-corrected chi connectivity index (χ4v) is 1.57. The maximum atomic E-state index is 7.36. The highest BCUT2D eigenvalue weighted by atomic mass is 14.5. The van der Waals surface area contributed by atoms with Crippen molar-refractivity contribution in [3.8, 4) is 0 Å². The summed E-state index contributed by atoms with van der Waals surface area (Å²) in [4.78, 5) is 0. The fourth-order valence-electron chi connectivity index (χ4n) is 1.57. The van der Waals surface area contributed by atoms with Gasteiger partial charge in [-0.15, -0.1) is 0 Å². The molecule has 0 unspecified atom stereocenters. The summed E-state index contributed by atoms with van der Waals surface area (Å²) in [7, 11) is 0. The molecule has 0 saturated heterocycles. The molecule has 1 aliphatic rings. The van der Waals surface area contributed by atoms with Gasteiger partial charge in [0, 0.05) is 0 Å². The summed E-state index contributed by atoms with van der Waals surface area (Å²) in [6, 6.07) is 5.96. The predicted octanol–water partition coefficient (Wildman–Crippen LogP) is 2.09. The standard InChI is InChI=1S/C9H10N/c10-9-5-4-7-2-1-3-8(7)6-9/h4-6,10H,1-3H2. The molecule has 1 aromatic rings. The zero-order valence-corrected chi connectivity index (χ0v) is 5.85. The summed E-state index contributed by atoms with van der Waals surface area (Å²) in [6.45, 7) is 0. The Morgan fingerprint density at radius 1 is 1.10 bits per heavy atom. The monoisotopic (exact) mass is 132 g/mol. The van der Waals surface area contributed by atoms with Crippen LogP contribution in [0.3, 0.4) is 0 Å². The minimum atomic E-state index is 0.653. The van der Waals surface area contributed by atoms with Crippen LogP contribution in [0.5, 0.6) is 0 Å². The van der Waals surface area contributed by atoms with Crippen molar-refractivity contribution in [2.24, 2.45) is 0 Å². The Morgan fingerprint density at radius 3 is 2.80 bits per heavy atom. The van der Waals surface area contributed by atoms with E-state index in [1.165, 1.54) is 30.4 Å².